The number of benzene rings is 1. The number of amides is 1. The van der Waals surface area contributed by atoms with Crippen LogP contribution in [0.15, 0.2) is 18.2 Å². The summed E-state index contributed by atoms with van der Waals surface area (Å²) in [5.41, 5.74) is 5.16. The van der Waals surface area contributed by atoms with E-state index in [2.05, 4.69) is 0 Å². The number of nitro groups is 1. The zero-order chi connectivity index (χ0) is 14.0. The van der Waals surface area contributed by atoms with Gasteiger partial charge in [-0.3, -0.25) is 14.9 Å². The van der Waals surface area contributed by atoms with Gasteiger partial charge in [-0.2, -0.15) is 0 Å². The van der Waals surface area contributed by atoms with E-state index in [1.165, 1.54) is 4.90 Å². The number of piperidine rings is 1. The van der Waals surface area contributed by atoms with E-state index in [1.54, 1.807) is 0 Å². The Bertz CT molecular complexity index is 521. The van der Waals surface area contributed by atoms with Gasteiger partial charge < -0.3 is 10.6 Å². The number of carbonyl (C=O) groups excluding carboxylic acids is 1. The summed E-state index contributed by atoms with van der Waals surface area (Å²) in [6.45, 7) is 0.826. The van der Waals surface area contributed by atoms with Crippen LogP contribution in [0, 0.1) is 15.9 Å². The van der Waals surface area contributed by atoms with Gasteiger partial charge >= 0.3 is 0 Å². The average molecular weight is 267 g/mol. The molecule has 1 aliphatic heterocycles. The monoisotopic (exact) mass is 267 g/mol. The predicted octanol–water partition coefficient (Wildman–Crippen LogP) is 1.30. The summed E-state index contributed by atoms with van der Waals surface area (Å²) in [7, 11) is 0. The van der Waals surface area contributed by atoms with Gasteiger partial charge in [0.15, 0.2) is 0 Å². The third-order valence-corrected chi connectivity index (χ3v) is 3.13. The molecule has 1 unspecified atom stereocenters. The predicted molar refractivity (Wildman–Crippen MR) is 66.2 cm³/mol. The molecule has 1 aromatic carbocycles. The quantitative estimate of drug-likeness (QED) is 0.646. The topological polar surface area (TPSA) is 89.5 Å². The molecule has 1 atom stereocenters. The molecule has 1 saturated heterocycles. The first-order valence-corrected chi connectivity index (χ1v) is 5.98. The summed E-state index contributed by atoms with van der Waals surface area (Å²) in [4.78, 5) is 23.9. The normalized spacial score (nSPS) is 19.3. The smallest absolute Gasteiger partial charge is 0.282 e. The number of likely N-dealkylation sites (tertiary alicyclic amines) is 1. The molecule has 0 aliphatic carbocycles. The van der Waals surface area contributed by atoms with Crippen LogP contribution in [0.5, 0.6) is 0 Å². The van der Waals surface area contributed by atoms with E-state index < -0.39 is 16.6 Å². The van der Waals surface area contributed by atoms with Crippen LogP contribution >= 0.6 is 0 Å². The number of nitrogens with two attached hydrogens (primary N) is 1. The van der Waals surface area contributed by atoms with Crippen molar-refractivity contribution in [3.8, 4) is 0 Å². The van der Waals surface area contributed by atoms with E-state index in [0.717, 1.165) is 31.0 Å². The molecule has 7 heteroatoms. The Labute approximate surface area is 109 Å². The molecule has 2 rings (SSSR count). The fraction of sp³-hybridized carbons (Fsp3) is 0.417. The second kappa shape index (κ2) is 5.31. The number of hydrogen-bond acceptors (Lipinski definition) is 4. The van der Waals surface area contributed by atoms with Gasteiger partial charge in [-0.1, -0.05) is 0 Å². The first-order valence-electron chi connectivity index (χ1n) is 5.98. The van der Waals surface area contributed by atoms with Crippen molar-refractivity contribution >= 4 is 11.6 Å². The van der Waals surface area contributed by atoms with E-state index in [-0.39, 0.29) is 17.3 Å². The van der Waals surface area contributed by atoms with Crippen molar-refractivity contribution < 1.29 is 14.1 Å². The largest absolute Gasteiger partial charge is 0.337 e. The maximum Gasteiger partial charge on any atom is 0.282 e. The molecule has 1 aliphatic rings. The highest BCUT2D eigenvalue weighted by atomic mass is 19.1. The highest BCUT2D eigenvalue weighted by Gasteiger charge is 2.28. The SMILES string of the molecule is NC1CCCN(C(=O)c2cc(F)ccc2[N+](=O)[O-])C1. The molecular weight excluding hydrogens is 253 g/mol. The zero-order valence-corrected chi connectivity index (χ0v) is 10.2. The number of rotatable bonds is 2. The Morgan fingerprint density at radius 1 is 1.53 bits per heavy atom. The molecular formula is C12H14FN3O3. The molecule has 1 fully saturated rings. The minimum atomic E-state index is -0.684. The highest BCUT2D eigenvalue weighted by molar-refractivity contribution is 5.98. The van der Waals surface area contributed by atoms with Crippen molar-refractivity contribution in [3.05, 3.63) is 39.7 Å². The number of nitrogens with zero attached hydrogens (tertiary/aromatic N) is 2. The molecule has 6 nitrogen and oxygen atoms in total. The lowest BCUT2D eigenvalue weighted by molar-refractivity contribution is -0.385. The summed E-state index contributed by atoms with van der Waals surface area (Å²) < 4.78 is 13.2. The summed E-state index contributed by atoms with van der Waals surface area (Å²) in [5, 5.41) is 10.9. The van der Waals surface area contributed by atoms with Crippen LogP contribution < -0.4 is 5.73 Å². The molecule has 19 heavy (non-hydrogen) atoms. The standard InChI is InChI=1S/C12H14FN3O3/c13-8-3-4-11(16(18)19)10(6-8)12(17)15-5-1-2-9(14)7-15/h3-4,6,9H,1-2,5,7,14H2. The van der Waals surface area contributed by atoms with Gasteiger partial charge in [-0.25, -0.2) is 4.39 Å². The number of carbonyl (C=O) groups is 1. The fourth-order valence-corrected chi connectivity index (χ4v) is 2.20. The Morgan fingerprint density at radius 3 is 2.89 bits per heavy atom. The third-order valence-electron chi connectivity index (χ3n) is 3.13. The summed E-state index contributed by atoms with van der Waals surface area (Å²) in [6, 6.07) is 2.74. The minimum absolute atomic E-state index is 0.134. The summed E-state index contributed by atoms with van der Waals surface area (Å²) in [6.07, 6.45) is 1.56. The first-order chi connectivity index (χ1) is 8.99. The highest BCUT2D eigenvalue weighted by Crippen LogP contribution is 2.22. The molecule has 2 N–H and O–H groups in total. The average Bonchev–Trinajstić information content (AvgIpc) is 2.37. The maximum absolute atomic E-state index is 13.2. The lowest BCUT2D eigenvalue weighted by Gasteiger charge is -2.30. The molecule has 0 bridgehead atoms. The minimum Gasteiger partial charge on any atom is -0.337 e. The van der Waals surface area contributed by atoms with Gasteiger partial charge in [0.2, 0.25) is 0 Å². The molecule has 0 aromatic heterocycles. The lowest BCUT2D eigenvalue weighted by Crippen LogP contribution is -2.45. The second-order valence-corrected chi connectivity index (χ2v) is 4.57. The van der Waals surface area contributed by atoms with Crippen molar-refractivity contribution in [3.63, 3.8) is 0 Å². The Morgan fingerprint density at radius 2 is 2.26 bits per heavy atom. The van der Waals surface area contributed by atoms with E-state index in [0.29, 0.717) is 13.1 Å². The van der Waals surface area contributed by atoms with Crippen LogP contribution in [-0.2, 0) is 0 Å². The van der Waals surface area contributed by atoms with Crippen molar-refractivity contribution in [1.29, 1.82) is 0 Å². The first kappa shape index (κ1) is 13.4. The molecule has 0 radical (unpaired) electrons. The number of halogens is 1. The molecule has 0 saturated carbocycles. The van der Waals surface area contributed by atoms with Crippen molar-refractivity contribution in [2.45, 2.75) is 18.9 Å². The van der Waals surface area contributed by atoms with Crippen molar-refractivity contribution in [2.24, 2.45) is 5.73 Å². The van der Waals surface area contributed by atoms with Crippen molar-refractivity contribution in [1.82, 2.24) is 4.90 Å². The van der Waals surface area contributed by atoms with E-state index in [1.807, 2.05) is 0 Å². The molecule has 102 valence electrons. The third kappa shape index (κ3) is 2.87. The summed E-state index contributed by atoms with van der Waals surface area (Å²) >= 11 is 0. The molecule has 0 spiro atoms. The van der Waals surface area contributed by atoms with Gasteiger partial charge in [0.25, 0.3) is 11.6 Å². The summed E-state index contributed by atoms with van der Waals surface area (Å²) in [5.74, 6) is -1.21. The molecule has 1 heterocycles. The van der Waals surface area contributed by atoms with Crippen LogP contribution in [0.1, 0.15) is 23.2 Å². The van der Waals surface area contributed by atoms with E-state index >= 15 is 0 Å². The molecule has 1 aromatic rings. The van der Waals surface area contributed by atoms with Crippen LogP contribution in [-0.4, -0.2) is 34.9 Å². The Hall–Kier alpha value is -2.02. The number of nitro benzene ring substituents is 1. The van der Waals surface area contributed by atoms with Crippen LogP contribution in [0.4, 0.5) is 10.1 Å². The van der Waals surface area contributed by atoms with Gasteiger partial charge in [0, 0.05) is 25.2 Å². The maximum atomic E-state index is 13.2. The lowest BCUT2D eigenvalue weighted by atomic mass is 10.0. The van der Waals surface area contributed by atoms with Gasteiger partial charge in [-0.15, -0.1) is 0 Å². The Balaban J connectivity index is 2.32. The van der Waals surface area contributed by atoms with Crippen molar-refractivity contribution in [2.75, 3.05) is 13.1 Å². The molecule has 1 amide bonds. The van der Waals surface area contributed by atoms with E-state index in [4.69, 9.17) is 5.73 Å². The Kier molecular flexibility index (Phi) is 3.75. The number of hydrogen-bond donors (Lipinski definition) is 1. The second-order valence-electron chi connectivity index (χ2n) is 4.57. The van der Waals surface area contributed by atoms with Crippen LogP contribution in [0.2, 0.25) is 0 Å². The van der Waals surface area contributed by atoms with Gasteiger partial charge in [-0.05, 0) is 25.0 Å². The zero-order valence-electron chi connectivity index (χ0n) is 10.2. The van der Waals surface area contributed by atoms with Crippen LogP contribution in [0.3, 0.4) is 0 Å². The van der Waals surface area contributed by atoms with E-state index in [9.17, 15) is 19.3 Å². The van der Waals surface area contributed by atoms with Gasteiger partial charge in [0.05, 0.1) is 4.92 Å². The fourth-order valence-electron chi connectivity index (χ4n) is 2.20. The van der Waals surface area contributed by atoms with Gasteiger partial charge in [0.1, 0.15) is 11.4 Å². The van der Waals surface area contributed by atoms with Crippen LogP contribution in [0.25, 0.3) is 0 Å².